The van der Waals surface area contributed by atoms with E-state index in [0.29, 0.717) is 43.1 Å². The zero-order valence-electron chi connectivity index (χ0n) is 20.2. The Morgan fingerprint density at radius 3 is 2.42 bits per heavy atom. The molecular formula is C29H29FN2O4. The minimum absolute atomic E-state index is 0.0235. The minimum Gasteiger partial charge on any atom is -0.454 e. The number of carbonyl (C=O) groups excluding carboxylic acids is 2. The molecular weight excluding hydrogens is 459 g/mol. The highest BCUT2D eigenvalue weighted by Gasteiger charge is 2.35. The maximum atomic E-state index is 13.4. The van der Waals surface area contributed by atoms with E-state index in [0.717, 1.165) is 17.5 Å². The number of nitrogens with one attached hydrogen (secondary N) is 1. The van der Waals surface area contributed by atoms with Crippen molar-refractivity contribution in [2.45, 2.75) is 32.2 Å². The van der Waals surface area contributed by atoms with Crippen LogP contribution < -0.4 is 14.8 Å². The highest BCUT2D eigenvalue weighted by atomic mass is 19.1. The summed E-state index contributed by atoms with van der Waals surface area (Å²) < 4.78 is 24.2. The first-order chi connectivity index (χ1) is 17.5. The molecule has 1 saturated heterocycles. The Labute approximate surface area is 210 Å². The molecule has 2 heterocycles. The average molecular weight is 489 g/mol. The van der Waals surface area contributed by atoms with Crippen molar-refractivity contribution in [3.05, 3.63) is 94.8 Å². The molecule has 2 aliphatic heterocycles. The van der Waals surface area contributed by atoms with E-state index < -0.39 is 0 Å². The van der Waals surface area contributed by atoms with Gasteiger partial charge in [-0.2, -0.15) is 0 Å². The molecule has 0 spiro atoms. The summed E-state index contributed by atoms with van der Waals surface area (Å²) in [5, 5.41) is 3.03. The van der Waals surface area contributed by atoms with Gasteiger partial charge in [0.1, 0.15) is 5.82 Å². The Bertz CT molecular complexity index is 1240. The molecule has 5 rings (SSSR count). The van der Waals surface area contributed by atoms with Gasteiger partial charge in [0.05, 0.1) is 5.92 Å². The predicted molar refractivity (Wildman–Crippen MR) is 133 cm³/mol. The molecule has 0 saturated carbocycles. The van der Waals surface area contributed by atoms with Crippen LogP contribution in [0.1, 0.15) is 46.3 Å². The first-order valence-electron chi connectivity index (χ1n) is 12.3. The number of rotatable bonds is 6. The highest BCUT2D eigenvalue weighted by Crippen LogP contribution is 2.33. The number of aryl methyl sites for hydroxylation is 1. The number of benzene rings is 3. The van der Waals surface area contributed by atoms with Crippen LogP contribution in [0.15, 0.2) is 66.7 Å². The maximum Gasteiger partial charge on any atom is 0.253 e. The fraction of sp³-hybridized carbons (Fsp3) is 0.310. The molecule has 0 bridgehead atoms. The average Bonchev–Trinajstić information content (AvgIpc) is 3.39. The lowest BCUT2D eigenvalue weighted by Crippen LogP contribution is -2.48. The van der Waals surface area contributed by atoms with E-state index in [1.807, 2.05) is 18.2 Å². The van der Waals surface area contributed by atoms with Crippen LogP contribution in [0.3, 0.4) is 0 Å². The van der Waals surface area contributed by atoms with Gasteiger partial charge in [-0.1, -0.05) is 37.3 Å². The van der Waals surface area contributed by atoms with E-state index in [9.17, 15) is 14.0 Å². The van der Waals surface area contributed by atoms with E-state index in [1.165, 1.54) is 29.8 Å². The SMILES string of the molecule is CCc1ccc(C2CC(C(=O)NCc3ccc4c(c3)OCO4)CN(C(=O)c3ccc(F)cc3)C2)cc1. The number of hydrogen-bond acceptors (Lipinski definition) is 4. The molecule has 2 aliphatic rings. The Morgan fingerprint density at radius 2 is 1.67 bits per heavy atom. The van der Waals surface area contributed by atoms with Crippen molar-refractivity contribution < 1.29 is 23.5 Å². The third kappa shape index (κ3) is 5.20. The number of amides is 2. The van der Waals surface area contributed by atoms with Crippen LogP contribution in [0, 0.1) is 11.7 Å². The first-order valence-corrected chi connectivity index (χ1v) is 12.3. The molecule has 3 aromatic rings. The number of fused-ring (bicyclic) bond motifs is 1. The Hall–Kier alpha value is -3.87. The minimum atomic E-state index is -0.389. The van der Waals surface area contributed by atoms with Crippen molar-refractivity contribution in [3.8, 4) is 11.5 Å². The Morgan fingerprint density at radius 1 is 0.944 bits per heavy atom. The normalized spacial score (nSPS) is 18.7. The van der Waals surface area contributed by atoms with Gasteiger partial charge >= 0.3 is 0 Å². The summed E-state index contributed by atoms with van der Waals surface area (Å²) in [6.45, 7) is 3.49. The van der Waals surface area contributed by atoms with Gasteiger partial charge in [0.2, 0.25) is 12.7 Å². The van der Waals surface area contributed by atoms with Crippen LogP contribution in [0.5, 0.6) is 11.5 Å². The van der Waals surface area contributed by atoms with E-state index in [4.69, 9.17) is 9.47 Å². The second-order valence-corrected chi connectivity index (χ2v) is 9.35. The molecule has 0 aromatic heterocycles. The smallest absolute Gasteiger partial charge is 0.253 e. The molecule has 2 atom stereocenters. The van der Waals surface area contributed by atoms with Gasteiger partial charge in [-0.15, -0.1) is 0 Å². The lowest BCUT2D eigenvalue weighted by atomic mass is 9.83. The lowest BCUT2D eigenvalue weighted by molar-refractivity contribution is -0.126. The molecule has 6 nitrogen and oxygen atoms in total. The zero-order valence-corrected chi connectivity index (χ0v) is 20.2. The van der Waals surface area contributed by atoms with Crippen molar-refractivity contribution in [3.63, 3.8) is 0 Å². The summed E-state index contributed by atoms with van der Waals surface area (Å²) in [5.74, 6) is 0.344. The highest BCUT2D eigenvalue weighted by molar-refractivity contribution is 5.94. The van der Waals surface area contributed by atoms with E-state index >= 15 is 0 Å². The molecule has 36 heavy (non-hydrogen) atoms. The van der Waals surface area contributed by atoms with Gasteiger partial charge in [-0.3, -0.25) is 9.59 Å². The quantitative estimate of drug-likeness (QED) is 0.547. The predicted octanol–water partition coefficient (Wildman–Crippen LogP) is 4.68. The van der Waals surface area contributed by atoms with Crippen molar-refractivity contribution in [1.29, 1.82) is 0 Å². The molecule has 2 amide bonds. The van der Waals surface area contributed by atoms with Crippen molar-refractivity contribution in [2.75, 3.05) is 19.9 Å². The molecule has 186 valence electrons. The molecule has 7 heteroatoms. The van der Waals surface area contributed by atoms with Gasteiger partial charge in [-0.05, 0) is 65.9 Å². The van der Waals surface area contributed by atoms with Crippen molar-refractivity contribution >= 4 is 11.8 Å². The third-order valence-corrected chi connectivity index (χ3v) is 6.96. The molecule has 1 fully saturated rings. The van der Waals surface area contributed by atoms with Crippen molar-refractivity contribution in [2.24, 2.45) is 5.92 Å². The fourth-order valence-electron chi connectivity index (χ4n) is 4.88. The summed E-state index contributed by atoms with van der Waals surface area (Å²) >= 11 is 0. The van der Waals surface area contributed by atoms with Crippen LogP contribution in [-0.2, 0) is 17.8 Å². The van der Waals surface area contributed by atoms with Crippen molar-refractivity contribution in [1.82, 2.24) is 10.2 Å². The van der Waals surface area contributed by atoms with Crippen LogP contribution in [-0.4, -0.2) is 36.6 Å². The summed E-state index contributed by atoms with van der Waals surface area (Å²) in [6, 6.07) is 19.6. The summed E-state index contributed by atoms with van der Waals surface area (Å²) in [5.41, 5.74) is 3.68. The van der Waals surface area contributed by atoms with E-state index in [1.54, 1.807) is 4.90 Å². The summed E-state index contributed by atoms with van der Waals surface area (Å²) in [7, 11) is 0. The third-order valence-electron chi connectivity index (χ3n) is 6.96. The van der Waals surface area contributed by atoms with Gasteiger partial charge in [0.25, 0.3) is 5.91 Å². The first kappa shape index (κ1) is 23.9. The number of ether oxygens (including phenoxy) is 2. The zero-order chi connectivity index (χ0) is 25.1. The summed E-state index contributed by atoms with van der Waals surface area (Å²) in [6.07, 6.45) is 1.59. The van der Waals surface area contributed by atoms with E-state index in [2.05, 4.69) is 36.5 Å². The topological polar surface area (TPSA) is 67.9 Å². The van der Waals surface area contributed by atoms with Gasteiger partial charge in [0, 0.05) is 31.1 Å². The molecule has 1 N–H and O–H groups in total. The number of likely N-dealkylation sites (tertiary alicyclic amines) is 1. The van der Waals surface area contributed by atoms with Crippen LogP contribution in [0.25, 0.3) is 0 Å². The Kier molecular flexibility index (Phi) is 6.89. The number of carbonyl (C=O) groups is 2. The van der Waals surface area contributed by atoms with Gasteiger partial charge < -0.3 is 19.7 Å². The summed E-state index contributed by atoms with van der Waals surface area (Å²) in [4.78, 5) is 28.3. The number of halogens is 1. The standard InChI is InChI=1S/C29H29FN2O4/c1-2-19-3-6-21(7-4-19)23-14-24(17-32(16-23)29(34)22-8-10-25(30)11-9-22)28(33)31-15-20-5-12-26-27(13-20)36-18-35-26/h3-13,23-24H,2,14-18H2,1H3,(H,31,33). The molecule has 0 radical (unpaired) electrons. The maximum absolute atomic E-state index is 13.4. The number of hydrogen-bond donors (Lipinski definition) is 1. The molecule has 0 aliphatic carbocycles. The number of piperidine rings is 1. The Balaban J connectivity index is 1.33. The second-order valence-electron chi connectivity index (χ2n) is 9.35. The van der Waals surface area contributed by atoms with E-state index in [-0.39, 0.29) is 36.3 Å². The molecule has 2 unspecified atom stereocenters. The second kappa shape index (κ2) is 10.4. The number of nitrogens with zero attached hydrogens (tertiary/aromatic N) is 1. The van der Waals surface area contributed by atoms with Gasteiger partial charge in [-0.25, -0.2) is 4.39 Å². The van der Waals surface area contributed by atoms with Crippen LogP contribution in [0.2, 0.25) is 0 Å². The van der Waals surface area contributed by atoms with Gasteiger partial charge in [0.15, 0.2) is 11.5 Å². The largest absolute Gasteiger partial charge is 0.454 e. The lowest BCUT2D eigenvalue weighted by Gasteiger charge is -2.37. The van der Waals surface area contributed by atoms with Crippen LogP contribution >= 0.6 is 0 Å². The molecule has 3 aromatic carbocycles. The van der Waals surface area contributed by atoms with Crippen LogP contribution in [0.4, 0.5) is 4.39 Å². The monoisotopic (exact) mass is 488 g/mol. The fourth-order valence-corrected chi connectivity index (χ4v) is 4.88.